The van der Waals surface area contributed by atoms with E-state index in [2.05, 4.69) is 10.6 Å². The quantitative estimate of drug-likeness (QED) is 0.446. The van der Waals surface area contributed by atoms with Gasteiger partial charge in [0.25, 0.3) is 0 Å². The van der Waals surface area contributed by atoms with Crippen LogP contribution in [0.3, 0.4) is 0 Å². The Morgan fingerprint density at radius 2 is 2.22 bits per heavy atom. The Labute approximate surface area is 64.9 Å². The molecule has 0 aromatic carbocycles. The molecule has 3 unspecified atom stereocenters. The second kappa shape index (κ2) is 3.06. The van der Waals surface area contributed by atoms with Crippen LogP contribution in [0.2, 0.25) is 0 Å². The van der Waals surface area contributed by atoms with Crippen LogP contribution in [0.25, 0.3) is 0 Å². The number of hydrogen-bond acceptors (Lipinski definition) is 2. The summed E-state index contributed by atoms with van der Waals surface area (Å²) in [6.45, 7) is 0. The average molecular weight is 169 g/mol. The van der Waals surface area contributed by atoms with Crippen LogP contribution in [-0.2, 0) is 0 Å². The lowest BCUT2D eigenvalue weighted by Crippen LogP contribution is -2.34. The normalized spacial score (nSPS) is 43.7. The Morgan fingerprint density at radius 1 is 1.56 bits per heavy atom. The molecule has 1 saturated heterocycles. The van der Waals surface area contributed by atoms with Crippen LogP contribution in [0.4, 0.5) is 0 Å². The molecule has 9 heavy (non-hydrogen) atoms. The van der Waals surface area contributed by atoms with Crippen molar-refractivity contribution < 1.29 is 0 Å². The van der Waals surface area contributed by atoms with Crippen molar-refractivity contribution >= 4 is 23.2 Å². The zero-order valence-corrected chi connectivity index (χ0v) is 6.71. The molecular formula is C5H10Cl2N2. The van der Waals surface area contributed by atoms with E-state index in [1.807, 2.05) is 7.05 Å². The first kappa shape index (κ1) is 7.61. The summed E-state index contributed by atoms with van der Waals surface area (Å²) in [6, 6.07) is 0.314. The van der Waals surface area contributed by atoms with E-state index in [1.54, 1.807) is 0 Å². The number of rotatable bonds is 1. The molecule has 3 atom stereocenters. The Balaban J connectivity index is 2.38. The average Bonchev–Trinajstić information content (AvgIpc) is 2.10. The Hall–Kier alpha value is 0.500. The molecule has 0 aliphatic carbocycles. The van der Waals surface area contributed by atoms with Crippen LogP contribution >= 0.6 is 23.2 Å². The van der Waals surface area contributed by atoms with Crippen molar-refractivity contribution in [1.82, 2.24) is 10.6 Å². The van der Waals surface area contributed by atoms with Crippen molar-refractivity contribution in [2.45, 2.75) is 23.5 Å². The lowest BCUT2D eigenvalue weighted by molar-refractivity contribution is 0.579. The van der Waals surface area contributed by atoms with Crippen LogP contribution in [0, 0.1) is 0 Å². The Bertz CT molecular complexity index is 99.0. The first-order valence-electron chi connectivity index (χ1n) is 2.95. The van der Waals surface area contributed by atoms with E-state index >= 15 is 0 Å². The van der Waals surface area contributed by atoms with Crippen LogP contribution in [0.1, 0.15) is 6.42 Å². The third kappa shape index (κ3) is 1.71. The van der Waals surface area contributed by atoms with Crippen molar-refractivity contribution in [3.05, 3.63) is 0 Å². The van der Waals surface area contributed by atoms with Crippen molar-refractivity contribution in [3.8, 4) is 0 Å². The van der Waals surface area contributed by atoms with Gasteiger partial charge in [0.1, 0.15) is 0 Å². The summed E-state index contributed by atoms with van der Waals surface area (Å²) < 4.78 is 0. The topological polar surface area (TPSA) is 24.1 Å². The summed E-state index contributed by atoms with van der Waals surface area (Å²) in [5, 5.41) is 6.05. The monoisotopic (exact) mass is 168 g/mol. The van der Waals surface area contributed by atoms with Crippen molar-refractivity contribution in [1.29, 1.82) is 0 Å². The largest absolute Gasteiger partial charge is 0.314 e. The van der Waals surface area contributed by atoms with Gasteiger partial charge < -0.3 is 5.32 Å². The van der Waals surface area contributed by atoms with Gasteiger partial charge in [-0.15, -0.1) is 23.2 Å². The molecule has 2 N–H and O–H groups in total. The minimum absolute atomic E-state index is 0.0162. The Kier molecular flexibility index (Phi) is 2.59. The van der Waals surface area contributed by atoms with Crippen molar-refractivity contribution in [2.24, 2.45) is 0 Å². The molecule has 0 spiro atoms. The molecule has 54 valence electrons. The molecule has 1 rings (SSSR count). The zero-order valence-electron chi connectivity index (χ0n) is 5.20. The third-order valence-corrected chi connectivity index (χ3v) is 2.26. The van der Waals surface area contributed by atoms with E-state index in [9.17, 15) is 0 Å². The van der Waals surface area contributed by atoms with Crippen LogP contribution in [-0.4, -0.2) is 24.1 Å². The highest BCUT2D eigenvalue weighted by molar-refractivity contribution is 6.24. The van der Waals surface area contributed by atoms with Gasteiger partial charge in [0.2, 0.25) is 0 Å². The van der Waals surface area contributed by atoms with Crippen LogP contribution in [0.15, 0.2) is 0 Å². The van der Waals surface area contributed by atoms with Gasteiger partial charge in [-0.3, -0.25) is 5.32 Å². The summed E-state index contributed by atoms with van der Waals surface area (Å²) >= 11 is 11.6. The van der Waals surface area contributed by atoms with Crippen LogP contribution in [0.5, 0.6) is 0 Å². The number of likely N-dealkylation sites (N-methyl/N-ethyl adjacent to an activating group) is 1. The highest BCUT2D eigenvalue weighted by atomic mass is 35.5. The molecule has 2 nitrogen and oxygen atoms in total. The molecule has 0 aromatic heterocycles. The molecule has 1 heterocycles. The number of halogens is 2. The van der Waals surface area contributed by atoms with E-state index < -0.39 is 0 Å². The molecule has 0 aromatic rings. The van der Waals surface area contributed by atoms with Crippen molar-refractivity contribution in [3.63, 3.8) is 0 Å². The first-order chi connectivity index (χ1) is 4.24. The zero-order chi connectivity index (χ0) is 6.85. The molecule has 1 aliphatic heterocycles. The standard InChI is InChI=1S/C5H10Cl2N2/c1-8-3-2-4(6)9-5(3)7/h3-5,8-9H,2H2,1H3. The summed E-state index contributed by atoms with van der Waals surface area (Å²) in [7, 11) is 1.89. The SMILES string of the molecule is CNC1CC(Cl)NC1Cl. The van der Waals surface area contributed by atoms with Gasteiger partial charge in [-0.1, -0.05) is 0 Å². The third-order valence-electron chi connectivity index (χ3n) is 1.52. The predicted molar refractivity (Wildman–Crippen MR) is 39.9 cm³/mol. The van der Waals surface area contributed by atoms with E-state index in [1.165, 1.54) is 0 Å². The number of nitrogens with one attached hydrogen (secondary N) is 2. The smallest absolute Gasteiger partial charge is 0.0992 e. The van der Waals surface area contributed by atoms with Gasteiger partial charge in [-0.05, 0) is 13.5 Å². The number of hydrogen-bond donors (Lipinski definition) is 2. The minimum Gasteiger partial charge on any atom is -0.314 e. The fourth-order valence-electron chi connectivity index (χ4n) is 0.964. The van der Waals surface area contributed by atoms with Gasteiger partial charge in [-0.2, -0.15) is 0 Å². The summed E-state index contributed by atoms with van der Waals surface area (Å²) in [6.07, 6.45) is 0.895. The second-order valence-electron chi connectivity index (χ2n) is 2.17. The highest BCUT2D eigenvalue weighted by Crippen LogP contribution is 2.17. The van der Waals surface area contributed by atoms with E-state index in [4.69, 9.17) is 23.2 Å². The maximum atomic E-state index is 5.82. The Morgan fingerprint density at radius 3 is 2.44 bits per heavy atom. The second-order valence-corrected chi connectivity index (χ2v) is 3.16. The molecule has 4 heteroatoms. The van der Waals surface area contributed by atoms with Crippen molar-refractivity contribution in [2.75, 3.05) is 7.05 Å². The van der Waals surface area contributed by atoms with Gasteiger partial charge >= 0.3 is 0 Å². The molecule has 0 amide bonds. The molecule has 0 bridgehead atoms. The summed E-state index contributed by atoms with van der Waals surface area (Å²) in [5.74, 6) is 0. The molecule has 1 aliphatic rings. The highest BCUT2D eigenvalue weighted by Gasteiger charge is 2.29. The van der Waals surface area contributed by atoms with E-state index in [0.717, 1.165) is 6.42 Å². The van der Waals surface area contributed by atoms with Crippen LogP contribution < -0.4 is 10.6 Å². The maximum Gasteiger partial charge on any atom is 0.0992 e. The fraction of sp³-hybridized carbons (Fsp3) is 1.00. The van der Waals surface area contributed by atoms with Gasteiger partial charge in [0.15, 0.2) is 0 Å². The molecular weight excluding hydrogens is 159 g/mol. The minimum atomic E-state index is -0.0162. The fourth-order valence-corrected chi connectivity index (χ4v) is 1.74. The van der Waals surface area contributed by atoms with Gasteiger partial charge in [0, 0.05) is 6.04 Å². The summed E-state index contributed by atoms with van der Waals surface area (Å²) in [4.78, 5) is 0. The maximum absolute atomic E-state index is 5.82. The lowest BCUT2D eigenvalue weighted by atomic mass is 10.3. The van der Waals surface area contributed by atoms with Gasteiger partial charge in [-0.25, -0.2) is 0 Å². The number of alkyl halides is 2. The van der Waals surface area contributed by atoms with E-state index in [0.29, 0.717) is 6.04 Å². The van der Waals surface area contributed by atoms with E-state index in [-0.39, 0.29) is 11.0 Å². The molecule has 0 saturated carbocycles. The summed E-state index contributed by atoms with van der Waals surface area (Å²) in [5.41, 5.74) is 0.0162. The lowest BCUT2D eigenvalue weighted by Gasteiger charge is -2.09. The molecule has 1 fully saturated rings. The predicted octanol–water partition coefficient (Wildman–Crippen LogP) is 0.697. The molecule has 0 radical (unpaired) electrons. The first-order valence-corrected chi connectivity index (χ1v) is 3.83. The van der Waals surface area contributed by atoms with Gasteiger partial charge in [0.05, 0.1) is 11.0 Å².